The van der Waals surface area contributed by atoms with Gasteiger partial charge in [0.15, 0.2) is 5.43 Å². The van der Waals surface area contributed by atoms with E-state index in [0.29, 0.717) is 0 Å². The Morgan fingerprint density at radius 1 is 1.00 bits per heavy atom. The summed E-state index contributed by atoms with van der Waals surface area (Å²) in [7, 11) is 0. The van der Waals surface area contributed by atoms with Gasteiger partial charge in [-0.1, -0.05) is 6.07 Å². The van der Waals surface area contributed by atoms with E-state index in [1.807, 2.05) is 12.1 Å². The lowest BCUT2D eigenvalue weighted by Crippen LogP contribution is -2.38. The Bertz CT molecular complexity index is 985. The van der Waals surface area contributed by atoms with Crippen LogP contribution in [0.1, 0.15) is 24.0 Å². The Balaban J connectivity index is 1.44. The molecular formula is C22H24N2O2. The summed E-state index contributed by atoms with van der Waals surface area (Å²) >= 11 is 0. The van der Waals surface area contributed by atoms with Crippen molar-refractivity contribution in [3.05, 3.63) is 70.0 Å². The van der Waals surface area contributed by atoms with Gasteiger partial charge in [0, 0.05) is 54.8 Å². The number of benzene rings is 2. The molecule has 0 bridgehead atoms. The largest absolute Gasteiger partial charge is 0.490 e. The molecule has 4 heteroatoms. The molecule has 0 atom stereocenters. The zero-order valence-corrected chi connectivity index (χ0v) is 15.3. The molecule has 0 spiro atoms. The minimum absolute atomic E-state index is 0.0635. The Hall–Kier alpha value is -2.75. The second-order valence-electron chi connectivity index (χ2n) is 7.12. The summed E-state index contributed by atoms with van der Waals surface area (Å²) in [5.41, 5.74) is 4.61. The fourth-order valence-corrected chi connectivity index (χ4v) is 3.57. The predicted molar refractivity (Wildman–Crippen MR) is 106 cm³/mol. The SMILES string of the molecule is Cc1ccc(OC2CCN(c3ccc4[nH]ccc(=O)c4c3)CC2)cc1C. The molecule has 4 rings (SSSR count). The molecule has 0 amide bonds. The first-order chi connectivity index (χ1) is 12.6. The van der Waals surface area contributed by atoms with E-state index < -0.39 is 0 Å². The average molecular weight is 348 g/mol. The van der Waals surface area contributed by atoms with E-state index in [4.69, 9.17) is 4.74 Å². The number of piperidine rings is 1. The summed E-state index contributed by atoms with van der Waals surface area (Å²) in [6.07, 6.45) is 3.91. The molecule has 0 radical (unpaired) electrons. The molecule has 3 aromatic rings. The van der Waals surface area contributed by atoms with E-state index >= 15 is 0 Å². The smallest absolute Gasteiger partial charge is 0.189 e. The number of nitrogens with one attached hydrogen (secondary N) is 1. The second kappa shape index (κ2) is 6.87. The molecular weight excluding hydrogens is 324 g/mol. The van der Waals surface area contributed by atoms with Gasteiger partial charge < -0.3 is 14.6 Å². The maximum atomic E-state index is 12.1. The number of rotatable bonds is 3. The molecule has 4 nitrogen and oxygen atoms in total. The molecule has 2 heterocycles. The van der Waals surface area contributed by atoms with Crippen LogP contribution in [0.5, 0.6) is 5.75 Å². The summed E-state index contributed by atoms with van der Waals surface area (Å²) in [5.74, 6) is 0.962. The highest BCUT2D eigenvalue weighted by atomic mass is 16.5. The van der Waals surface area contributed by atoms with E-state index in [0.717, 1.165) is 48.3 Å². The van der Waals surface area contributed by atoms with Gasteiger partial charge in [0.1, 0.15) is 11.9 Å². The Morgan fingerprint density at radius 2 is 1.81 bits per heavy atom. The number of hydrogen-bond donors (Lipinski definition) is 1. The molecule has 1 fully saturated rings. The first-order valence-corrected chi connectivity index (χ1v) is 9.20. The fourth-order valence-electron chi connectivity index (χ4n) is 3.57. The zero-order valence-electron chi connectivity index (χ0n) is 15.3. The van der Waals surface area contributed by atoms with Crippen LogP contribution in [0.3, 0.4) is 0 Å². The van der Waals surface area contributed by atoms with E-state index in [1.54, 1.807) is 12.3 Å². The molecule has 1 aliphatic rings. The standard InChI is InChI=1S/C22H24N2O2/c1-15-3-5-19(13-16(15)2)26-18-8-11-24(12-9-18)17-4-6-21-20(14-17)22(25)7-10-23-21/h3-7,10,13-14,18H,8-9,11-12H2,1-2H3,(H,23,25). The third-order valence-corrected chi connectivity index (χ3v) is 5.33. The molecule has 2 aromatic carbocycles. The van der Waals surface area contributed by atoms with Gasteiger partial charge in [-0.2, -0.15) is 0 Å². The molecule has 1 aliphatic heterocycles. The summed E-state index contributed by atoms with van der Waals surface area (Å²) in [6.45, 7) is 6.11. The summed E-state index contributed by atoms with van der Waals surface area (Å²) in [5, 5.41) is 0.749. The van der Waals surface area contributed by atoms with Gasteiger partial charge in [0.05, 0.1) is 0 Å². The number of anilines is 1. The van der Waals surface area contributed by atoms with Crippen LogP contribution in [0.15, 0.2) is 53.5 Å². The molecule has 1 aromatic heterocycles. The topological polar surface area (TPSA) is 45.3 Å². The third kappa shape index (κ3) is 3.32. The van der Waals surface area contributed by atoms with Gasteiger partial charge in [0.25, 0.3) is 0 Å². The van der Waals surface area contributed by atoms with Crippen molar-refractivity contribution in [3.63, 3.8) is 0 Å². The average Bonchev–Trinajstić information content (AvgIpc) is 2.66. The molecule has 1 saturated heterocycles. The summed E-state index contributed by atoms with van der Waals surface area (Å²) in [4.78, 5) is 17.5. The van der Waals surface area contributed by atoms with Crippen molar-refractivity contribution in [2.75, 3.05) is 18.0 Å². The van der Waals surface area contributed by atoms with Crippen molar-refractivity contribution >= 4 is 16.6 Å². The Labute approximate surface area is 153 Å². The maximum absolute atomic E-state index is 12.1. The Kier molecular flexibility index (Phi) is 4.41. The summed E-state index contributed by atoms with van der Waals surface area (Å²) < 4.78 is 6.18. The Morgan fingerprint density at radius 3 is 2.58 bits per heavy atom. The van der Waals surface area contributed by atoms with Crippen molar-refractivity contribution in [1.82, 2.24) is 4.98 Å². The molecule has 0 aliphatic carbocycles. The van der Waals surface area contributed by atoms with Crippen molar-refractivity contribution in [1.29, 1.82) is 0 Å². The van der Waals surface area contributed by atoms with Crippen LogP contribution in [0.25, 0.3) is 10.9 Å². The lowest BCUT2D eigenvalue weighted by atomic mass is 10.1. The van der Waals surface area contributed by atoms with E-state index in [-0.39, 0.29) is 11.5 Å². The first-order valence-electron chi connectivity index (χ1n) is 9.20. The van der Waals surface area contributed by atoms with Crippen LogP contribution in [-0.2, 0) is 0 Å². The lowest BCUT2D eigenvalue weighted by molar-refractivity contribution is 0.171. The number of aromatic amines is 1. The van der Waals surface area contributed by atoms with Crippen molar-refractivity contribution in [2.24, 2.45) is 0 Å². The lowest BCUT2D eigenvalue weighted by Gasteiger charge is -2.34. The number of hydrogen-bond acceptors (Lipinski definition) is 3. The maximum Gasteiger partial charge on any atom is 0.189 e. The third-order valence-electron chi connectivity index (χ3n) is 5.33. The normalized spacial score (nSPS) is 15.4. The quantitative estimate of drug-likeness (QED) is 0.772. The highest BCUT2D eigenvalue weighted by Gasteiger charge is 2.21. The second-order valence-corrected chi connectivity index (χ2v) is 7.12. The molecule has 0 saturated carbocycles. The van der Waals surface area contributed by atoms with E-state index in [2.05, 4.69) is 48.0 Å². The fraction of sp³-hybridized carbons (Fsp3) is 0.318. The van der Waals surface area contributed by atoms with Gasteiger partial charge in [-0.05, 0) is 55.3 Å². The van der Waals surface area contributed by atoms with Gasteiger partial charge in [0.2, 0.25) is 0 Å². The van der Waals surface area contributed by atoms with Crippen molar-refractivity contribution < 1.29 is 4.74 Å². The zero-order chi connectivity index (χ0) is 18.1. The van der Waals surface area contributed by atoms with Gasteiger partial charge >= 0.3 is 0 Å². The number of aryl methyl sites for hydroxylation is 2. The molecule has 134 valence electrons. The highest BCUT2D eigenvalue weighted by Crippen LogP contribution is 2.25. The molecule has 1 N–H and O–H groups in total. The van der Waals surface area contributed by atoms with Crippen LogP contribution < -0.4 is 15.1 Å². The van der Waals surface area contributed by atoms with Gasteiger partial charge in [-0.15, -0.1) is 0 Å². The number of H-pyrrole nitrogens is 1. The number of fused-ring (bicyclic) bond motifs is 1. The van der Waals surface area contributed by atoms with Crippen LogP contribution in [-0.4, -0.2) is 24.2 Å². The van der Waals surface area contributed by atoms with Crippen LogP contribution in [0.4, 0.5) is 5.69 Å². The van der Waals surface area contributed by atoms with Crippen LogP contribution in [0, 0.1) is 13.8 Å². The number of ether oxygens (including phenoxy) is 1. The van der Waals surface area contributed by atoms with Crippen LogP contribution >= 0.6 is 0 Å². The van der Waals surface area contributed by atoms with Crippen LogP contribution in [0.2, 0.25) is 0 Å². The minimum Gasteiger partial charge on any atom is -0.490 e. The van der Waals surface area contributed by atoms with E-state index in [9.17, 15) is 4.79 Å². The first kappa shape index (κ1) is 16.7. The number of aromatic nitrogens is 1. The van der Waals surface area contributed by atoms with Crippen molar-refractivity contribution in [2.45, 2.75) is 32.8 Å². The minimum atomic E-state index is 0.0635. The predicted octanol–water partition coefficient (Wildman–Crippen LogP) is 4.19. The molecule has 26 heavy (non-hydrogen) atoms. The van der Waals surface area contributed by atoms with Gasteiger partial charge in [-0.25, -0.2) is 0 Å². The number of pyridine rings is 1. The monoisotopic (exact) mass is 348 g/mol. The number of nitrogens with zero attached hydrogens (tertiary/aromatic N) is 1. The van der Waals surface area contributed by atoms with Crippen molar-refractivity contribution in [3.8, 4) is 5.75 Å². The van der Waals surface area contributed by atoms with Gasteiger partial charge in [-0.3, -0.25) is 4.79 Å². The summed E-state index contributed by atoms with van der Waals surface area (Å²) in [6, 6.07) is 14.0. The molecule has 0 unspecified atom stereocenters. The van der Waals surface area contributed by atoms with E-state index in [1.165, 1.54) is 11.1 Å². The highest BCUT2D eigenvalue weighted by molar-refractivity contribution is 5.82.